The first-order valence-electron chi connectivity index (χ1n) is 11.2. The van der Waals surface area contributed by atoms with Crippen LogP contribution in [-0.4, -0.2) is 35.9 Å². The number of benzene rings is 3. The van der Waals surface area contributed by atoms with Gasteiger partial charge in [0.15, 0.2) is 6.61 Å². The van der Waals surface area contributed by atoms with E-state index in [1.165, 1.54) is 4.90 Å². The molecule has 184 valence electrons. The van der Waals surface area contributed by atoms with Gasteiger partial charge in [-0.05, 0) is 60.9 Å². The van der Waals surface area contributed by atoms with Crippen molar-refractivity contribution in [3.63, 3.8) is 0 Å². The van der Waals surface area contributed by atoms with Gasteiger partial charge in [-0.25, -0.2) is 0 Å². The fraction of sp³-hybridized carbons (Fsp3) is 0.259. The minimum Gasteiger partial charge on any atom is -0.484 e. The molecule has 0 bridgehead atoms. The van der Waals surface area contributed by atoms with E-state index in [-0.39, 0.29) is 25.0 Å². The number of hydrogen-bond acceptors (Lipinski definition) is 3. The van der Waals surface area contributed by atoms with Gasteiger partial charge in [-0.3, -0.25) is 9.59 Å². The molecule has 0 aliphatic heterocycles. The van der Waals surface area contributed by atoms with Gasteiger partial charge in [0.05, 0.1) is 10.0 Å². The zero-order valence-corrected chi connectivity index (χ0v) is 21.8. The molecule has 0 saturated carbocycles. The maximum absolute atomic E-state index is 13.5. The second-order valence-electron chi connectivity index (χ2n) is 8.07. The molecule has 0 saturated heterocycles. The molecule has 0 spiro atoms. The van der Waals surface area contributed by atoms with Gasteiger partial charge in [0, 0.05) is 24.5 Å². The van der Waals surface area contributed by atoms with E-state index in [0.717, 1.165) is 16.7 Å². The van der Waals surface area contributed by atoms with Gasteiger partial charge >= 0.3 is 0 Å². The summed E-state index contributed by atoms with van der Waals surface area (Å²) in [5.74, 6) is -0.0599. The number of rotatable bonds is 10. The monoisotopic (exact) mass is 532 g/mol. The third-order valence-electron chi connectivity index (χ3n) is 5.45. The van der Waals surface area contributed by atoms with E-state index in [2.05, 4.69) is 5.32 Å². The lowest BCUT2D eigenvalue weighted by molar-refractivity contribution is -0.142. The van der Waals surface area contributed by atoms with Crippen LogP contribution in [0.5, 0.6) is 5.75 Å². The first-order valence-corrected chi connectivity index (χ1v) is 12.4. The van der Waals surface area contributed by atoms with Crippen LogP contribution in [-0.2, 0) is 22.6 Å². The number of halogens is 3. The van der Waals surface area contributed by atoms with Crippen molar-refractivity contribution >= 4 is 46.6 Å². The van der Waals surface area contributed by atoms with Crippen LogP contribution < -0.4 is 10.1 Å². The average molecular weight is 534 g/mol. The Morgan fingerprint density at radius 1 is 0.914 bits per heavy atom. The van der Waals surface area contributed by atoms with Crippen LogP contribution >= 0.6 is 34.8 Å². The summed E-state index contributed by atoms with van der Waals surface area (Å²) < 4.78 is 5.78. The quantitative estimate of drug-likeness (QED) is 0.342. The van der Waals surface area contributed by atoms with Crippen LogP contribution in [0.25, 0.3) is 0 Å². The number of hydrogen-bond donors (Lipinski definition) is 1. The summed E-state index contributed by atoms with van der Waals surface area (Å²) in [6.07, 6.45) is 0.347. The van der Waals surface area contributed by atoms with Gasteiger partial charge in [-0.2, -0.15) is 0 Å². The van der Waals surface area contributed by atoms with Crippen LogP contribution in [0, 0.1) is 6.92 Å². The van der Waals surface area contributed by atoms with E-state index >= 15 is 0 Å². The summed E-state index contributed by atoms with van der Waals surface area (Å²) >= 11 is 18.4. The minimum atomic E-state index is -0.755. The van der Waals surface area contributed by atoms with E-state index in [9.17, 15) is 9.59 Å². The molecule has 1 N–H and O–H groups in total. The molecular formula is C27H27Cl3N2O3. The summed E-state index contributed by atoms with van der Waals surface area (Å²) in [5.41, 5.74) is 2.52. The number of nitrogens with zero attached hydrogens (tertiary/aromatic N) is 1. The van der Waals surface area contributed by atoms with Crippen LogP contribution in [0.4, 0.5) is 0 Å². The SMILES string of the molecule is CCNC(=O)[C@@H](Cc1ccccc1)N(Cc1ccc(Cl)c(Cl)c1)C(=O)COc1ccc(Cl)c(C)c1. The number of carbonyl (C=O) groups is 2. The molecule has 0 aliphatic carbocycles. The molecule has 0 aliphatic rings. The summed E-state index contributed by atoms with van der Waals surface area (Å²) in [6, 6.07) is 19.2. The number of nitrogens with one attached hydrogen (secondary N) is 1. The van der Waals surface area contributed by atoms with Gasteiger partial charge in [-0.1, -0.05) is 71.2 Å². The Morgan fingerprint density at radius 2 is 1.63 bits per heavy atom. The highest BCUT2D eigenvalue weighted by molar-refractivity contribution is 6.42. The van der Waals surface area contributed by atoms with Crippen molar-refractivity contribution in [3.05, 3.63) is 98.5 Å². The number of amides is 2. The predicted molar refractivity (Wildman–Crippen MR) is 141 cm³/mol. The predicted octanol–water partition coefficient (Wildman–Crippen LogP) is 6.11. The molecular weight excluding hydrogens is 507 g/mol. The standard InChI is InChI=1S/C27H27Cl3N2O3/c1-3-31-27(34)25(15-19-7-5-4-6-8-19)32(16-20-9-11-23(29)24(30)14-20)26(33)17-35-21-10-12-22(28)18(2)13-21/h4-14,25H,3,15-17H2,1-2H3,(H,31,34)/t25-/m1/s1. The van der Waals surface area contributed by atoms with Gasteiger partial charge in [0.25, 0.3) is 5.91 Å². The molecule has 3 aromatic rings. The van der Waals surface area contributed by atoms with Gasteiger partial charge in [-0.15, -0.1) is 0 Å². The van der Waals surface area contributed by atoms with Crippen LogP contribution in [0.2, 0.25) is 15.1 Å². The molecule has 35 heavy (non-hydrogen) atoms. The maximum Gasteiger partial charge on any atom is 0.261 e. The molecule has 0 fully saturated rings. The fourth-order valence-electron chi connectivity index (χ4n) is 3.62. The third kappa shape index (κ3) is 7.63. The van der Waals surface area contributed by atoms with E-state index in [1.54, 1.807) is 36.4 Å². The van der Waals surface area contributed by atoms with E-state index in [4.69, 9.17) is 39.5 Å². The molecule has 5 nitrogen and oxygen atoms in total. The van der Waals surface area contributed by atoms with Crippen molar-refractivity contribution < 1.29 is 14.3 Å². The summed E-state index contributed by atoms with van der Waals surface area (Å²) in [6.45, 7) is 4.06. The second kappa shape index (κ2) is 12.8. The molecule has 3 aromatic carbocycles. The van der Waals surface area contributed by atoms with Crippen LogP contribution in [0.1, 0.15) is 23.6 Å². The Morgan fingerprint density at radius 3 is 2.29 bits per heavy atom. The minimum absolute atomic E-state index is 0.160. The molecule has 0 heterocycles. The Balaban J connectivity index is 1.91. The first-order chi connectivity index (χ1) is 16.8. The van der Waals surface area contributed by atoms with Crippen molar-refractivity contribution in [2.45, 2.75) is 32.9 Å². The lowest BCUT2D eigenvalue weighted by Crippen LogP contribution is -2.51. The molecule has 3 rings (SSSR count). The molecule has 0 unspecified atom stereocenters. The van der Waals surface area contributed by atoms with Gasteiger partial charge in [0.2, 0.25) is 5.91 Å². The third-order valence-corrected chi connectivity index (χ3v) is 6.61. The molecule has 1 atom stereocenters. The van der Waals surface area contributed by atoms with E-state index in [1.807, 2.05) is 44.2 Å². The smallest absolute Gasteiger partial charge is 0.261 e. The van der Waals surface area contributed by atoms with Crippen molar-refractivity contribution in [1.29, 1.82) is 0 Å². The Labute approximate surface area is 220 Å². The van der Waals surface area contributed by atoms with Crippen molar-refractivity contribution in [1.82, 2.24) is 10.2 Å². The molecule has 0 aromatic heterocycles. The molecule has 8 heteroatoms. The molecule has 2 amide bonds. The summed E-state index contributed by atoms with van der Waals surface area (Å²) in [7, 11) is 0. The normalized spacial score (nSPS) is 11.6. The Kier molecular flexibility index (Phi) is 9.84. The number of ether oxygens (including phenoxy) is 1. The topological polar surface area (TPSA) is 58.6 Å². The Bertz CT molecular complexity index is 1170. The molecule has 0 radical (unpaired) electrons. The highest BCUT2D eigenvalue weighted by Gasteiger charge is 2.30. The van der Waals surface area contributed by atoms with E-state index in [0.29, 0.717) is 33.8 Å². The second-order valence-corrected chi connectivity index (χ2v) is 9.29. The number of likely N-dealkylation sites (N-methyl/N-ethyl adjacent to an activating group) is 1. The Hall–Kier alpha value is -2.73. The zero-order chi connectivity index (χ0) is 25.4. The van der Waals surface area contributed by atoms with Gasteiger partial charge in [0.1, 0.15) is 11.8 Å². The fourth-order valence-corrected chi connectivity index (χ4v) is 4.05. The highest BCUT2D eigenvalue weighted by Crippen LogP contribution is 2.25. The van der Waals surface area contributed by atoms with Crippen molar-refractivity contribution in [2.75, 3.05) is 13.2 Å². The zero-order valence-electron chi connectivity index (χ0n) is 19.6. The highest BCUT2D eigenvalue weighted by atomic mass is 35.5. The number of carbonyl (C=O) groups excluding carboxylic acids is 2. The van der Waals surface area contributed by atoms with Gasteiger partial charge < -0.3 is 15.0 Å². The van der Waals surface area contributed by atoms with E-state index < -0.39 is 6.04 Å². The summed E-state index contributed by atoms with van der Waals surface area (Å²) in [5, 5.41) is 4.27. The van der Waals surface area contributed by atoms with Crippen LogP contribution in [0.3, 0.4) is 0 Å². The first kappa shape index (κ1) is 26.9. The lowest BCUT2D eigenvalue weighted by atomic mass is 10.0. The van der Waals surface area contributed by atoms with Crippen molar-refractivity contribution in [3.8, 4) is 5.75 Å². The number of aryl methyl sites for hydroxylation is 1. The average Bonchev–Trinajstić information content (AvgIpc) is 2.84. The maximum atomic E-state index is 13.5. The summed E-state index contributed by atoms with van der Waals surface area (Å²) in [4.78, 5) is 28.2. The largest absolute Gasteiger partial charge is 0.484 e. The van der Waals surface area contributed by atoms with Crippen LogP contribution in [0.15, 0.2) is 66.7 Å². The van der Waals surface area contributed by atoms with Crippen molar-refractivity contribution in [2.24, 2.45) is 0 Å². The lowest BCUT2D eigenvalue weighted by Gasteiger charge is -2.31.